The number of hydrogen-bond acceptors (Lipinski definition) is 2. The van der Waals surface area contributed by atoms with Gasteiger partial charge in [-0.3, -0.25) is 0 Å². The Balaban J connectivity index is 2.23. The second kappa shape index (κ2) is 5.50. The molecule has 0 radical (unpaired) electrons. The maximum Gasteiger partial charge on any atom is 0.0642 e. The minimum atomic E-state index is 0.0347. The van der Waals surface area contributed by atoms with Crippen LogP contribution in [0.1, 0.15) is 45.2 Å². The number of benzene rings is 1. The van der Waals surface area contributed by atoms with Crippen LogP contribution in [0.2, 0.25) is 5.02 Å². The summed E-state index contributed by atoms with van der Waals surface area (Å²) >= 11 is 6.42. The molecule has 0 spiro atoms. The van der Waals surface area contributed by atoms with E-state index in [0.717, 1.165) is 28.7 Å². The van der Waals surface area contributed by atoms with E-state index in [4.69, 9.17) is 17.3 Å². The lowest BCUT2D eigenvalue weighted by molar-refractivity contribution is 0.644. The van der Waals surface area contributed by atoms with Crippen LogP contribution in [-0.2, 0) is 0 Å². The highest BCUT2D eigenvalue weighted by atomic mass is 35.5. The zero-order valence-corrected chi connectivity index (χ0v) is 12.2. The highest BCUT2D eigenvalue weighted by molar-refractivity contribution is 6.33. The van der Waals surface area contributed by atoms with Crippen LogP contribution in [0.5, 0.6) is 0 Å². The first-order chi connectivity index (χ1) is 8.49. The van der Waals surface area contributed by atoms with E-state index < -0.39 is 0 Å². The Bertz CT molecular complexity index is 411. The van der Waals surface area contributed by atoms with Gasteiger partial charge in [-0.1, -0.05) is 17.7 Å². The average molecular weight is 267 g/mol. The first kappa shape index (κ1) is 13.7. The quantitative estimate of drug-likeness (QED) is 0.873. The lowest BCUT2D eigenvalue weighted by Crippen LogP contribution is -2.33. The molecule has 3 heteroatoms. The summed E-state index contributed by atoms with van der Waals surface area (Å²) in [7, 11) is 0. The van der Waals surface area contributed by atoms with Crippen molar-refractivity contribution in [3.8, 4) is 0 Å². The lowest BCUT2D eigenvalue weighted by Gasteiger charge is -2.30. The average Bonchev–Trinajstić information content (AvgIpc) is 3.09. The first-order valence-corrected chi connectivity index (χ1v) is 7.18. The van der Waals surface area contributed by atoms with Gasteiger partial charge in [-0.25, -0.2) is 0 Å². The highest BCUT2D eigenvalue weighted by Crippen LogP contribution is 2.35. The second-order valence-electron chi connectivity index (χ2n) is 5.69. The molecule has 0 amide bonds. The van der Waals surface area contributed by atoms with E-state index in [1.165, 1.54) is 12.8 Å². The lowest BCUT2D eigenvalue weighted by atomic mass is 10.1. The van der Waals surface area contributed by atoms with E-state index >= 15 is 0 Å². The van der Waals surface area contributed by atoms with E-state index in [-0.39, 0.29) is 6.04 Å². The molecular formula is C15H23ClN2. The molecule has 0 bridgehead atoms. The summed E-state index contributed by atoms with van der Waals surface area (Å²) in [6.07, 6.45) is 2.72. The van der Waals surface area contributed by atoms with E-state index in [1.54, 1.807) is 0 Å². The summed E-state index contributed by atoms with van der Waals surface area (Å²) in [5.41, 5.74) is 8.12. The van der Waals surface area contributed by atoms with Gasteiger partial charge in [0.05, 0.1) is 10.7 Å². The number of anilines is 1. The van der Waals surface area contributed by atoms with Crippen LogP contribution in [0.4, 0.5) is 5.69 Å². The van der Waals surface area contributed by atoms with Crippen molar-refractivity contribution in [2.75, 3.05) is 11.4 Å². The molecule has 2 N–H and O–H groups in total. The highest BCUT2D eigenvalue weighted by Gasteiger charge is 2.26. The van der Waals surface area contributed by atoms with E-state index in [9.17, 15) is 0 Å². The van der Waals surface area contributed by atoms with E-state index in [2.05, 4.69) is 30.9 Å². The maximum absolute atomic E-state index is 6.42. The molecule has 2 rings (SSSR count). The monoisotopic (exact) mass is 266 g/mol. The largest absolute Gasteiger partial charge is 0.368 e. The molecule has 1 aromatic carbocycles. The van der Waals surface area contributed by atoms with Crippen molar-refractivity contribution in [1.82, 2.24) is 0 Å². The first-order valence-electron chi connectivity index (χ1n) is 6.80. The molecule has 0 unspecified atom stereocenters. The molecule has 1 saturated carbocycles. The Kier molecular flexibility index (Phi) is 4.18. The Hall–Kier alpha value is -0.730. The van der Waals surface area contributed by atoms with Crippen LogP contribution in [0.3, 0.4) is 0 Å². The fraction of sp³-hybridized carbons (Fsp3) is 0.600. The Morgan fingerprint density at radius 1 is 1.33 bits per heavy atom. The van der Waals surface area contributed by atoms with Gasteiger partial charge in [0.15, 0.2) is 0 Å². The van der Waals surface area contributed by atoms with Crippen LogP contribution < -0.4 is 10.6 Å². The van der Waals surface area contributed by atoms with Crippen molar-refractivity contribution in [3.05, 3.63) is 28.8 Å². The van der Waals surface area contributed by atoms with Gasteiger partial charge in [0, 0.05) is 18.6 Å². The number of nitrogens with zero attached hydrogens (tertiary/aromatic N) is 1. The molecule has 18 heavy (non-hydrogen) atoms. The van der Waals surface area contributed by atoms with Crippen LogP contribution in [-0.4, -0.2) is 12.6 Å². The molecular weight excluding hydrogens is 244 g/mol. The minimum absolute atomic E-state index is 0.0347. The van der Waals surface area contributed by atoms with Gasteiger partial charge in [-0.2, -0.15) is 0 Å². The molecule has 1 fully saturated rings. The third kappa shape index (κ3) is 3.18. The smallest absolute Gasteiger partial charge is 0.0642 e. The molecule has 2 nitrogen and oxygen atoms in total. The van der Waals surface area contributed by atoms with Crippen molar-refractivity contribution in [1.29, 1.82) is 0 Å². The van der Waals surface area contributed by atoms with Gasteiger partial charge in [0.1, 0.15) is 0 Å². The Labute approximate surface area is 115 Å². The van der Waals surface area contributed by atoms with Crippen LogP contribution in [0.15, 0.2) is 18.2 Å². The van der Waals surface area contributed by atoms with Crippen molar-refractivity contribution in [2.24, 2.45) is 11.7 Å². The fourth-order valence-corrected chi connectivity index (χ4v) is 2.50. The number of nitrogens with two attached hydrogens (primary N) is 1. The molecule has 1 aliphatic carbocycles. The molecule has 1 atom stereocenters. The number of halogens is 1. The SMILES string of the molecule is CC(C)N(CC1CC1)c1ccc([C@H](C)N)cc1Cl. The van der Waals surface area contributed by atoms with Crippen LogP contribution in [0.25, 0.3) is 0 Å². The second-order valence-corrected chi connectivity index (χ2v) is 6.10. The summed E-state index contributed by atoms with van der Waals surface area (Å²) in [6.45, 7) is 7.54. The van der Waals surface area contributed by atoms with Gasteiger partial charge in [0.25, 0.3) is 0 Å². The summed E-state index contributed by atoms with van der Waals surface area (Å²) in [5.74, 6) is 0.858. The third-order valence-electron chi connectivity index (χ3n) is 3.58. The summed E-state index contributed by atoms with van der Waals surface area (Å²) in [5, 5.41) is 0.819. The van der Waals surface area contributed by atoms with Crippen molar-refractivity contribution in [3.63, 3.8) is 0 Å². The molecule has 1 aromatic rings. The zero-order valence-electron chi connectivity index (χ0n) is 11.5. The number of hydrogen-bond donors (Lipinski definition) is 1. The fourth-order valence-electron chi connectivity index (χ4n) is 2.21. The van der Waals surface area contributed by atoms with E-state index in [0.29, 0.717) is 6.04 Å². The Morgan fingerprint density at radius 3 is 2.44 bits per heavy atom. The van der Waals surface area contributed by atoms with Crippen LogP contribution >= 0.6 is 11.6 Å². The van der Waals surface area contributed by atoms with Gasteiger partial charge in [-0.15, -0.1) is 0 Å². The standard InChI is InChI=1S/C15H23ClN2/c1-10(2)18(9-12-4-5-12)15-7-6-13(11(3)17)8-14(15)16/h6-8,10-12H,4-5,9,17H2,1-3H3/t11-/m0/s1. The molecule has 0 saturated heterocycles. The predicted molar refractivity (Wildman–Crippen MR) is 79.3 cm³/mol. The third-order valence-corrected chi connectivity index (χ3v) is 3.88. The minimum Gasteiger partial charge on any atom is -0.368 e. The molecule has 0 aromatic heterocycles. The van der Waals surface area contributed by atoms with E-state index in [1.807, 2.05) is 13.0 Å². The Morgan fingerprint density at radius 2 is 2.00 bits per heavy atom. The topological polar surface area (TPSA) is 29.3 Å². The molecule has 0 heterocycles. The van der Waals surface area contributed by atoms with Crippen molar-refractivity contribution < 1.29 is 0 Å². The summed E-state index contributed by atoms with van der Waals surface area (Å²) in [6, 6.07) is 6.72. The summed E-state index contributed by atoms with van der Waals surface area (Å²) in [4.78, 5) is 2.41. The van der Waals surface area contributed by atoms with Crippen molar-refractivity contribution >= 4 is 17.3 Å². The van der Waals surface area contributed by atoms with Crippen LogP contribution in [0, 0.1) is 5.92 Å². The predicted octanol–water partition coefficient (Wildman–Crippen LogP) is 3.98. The molecule has 0 aliphatic heterocycles. The maximum atomic E-state index is 6.42. The summed E-state index contributed by atoms with van der Waals surface area (Å²) < 4.78 is 0. The molecule has 1 aliphatic rings. The molecule has 100 valence electrons. The van der Waals surface area contributed by atoms with Crippen molar-refractivity contribution in [2.45, 2.75) is 45.7 Å². The number of rotatable bonds is 5. The van der Waals surface area contributed by atoms with Gasteiger partial charge in [0.2, 0.25) is 0 Å². The van der Waals surface area contributed by atoms with Gasteiger partial charge < -0.3 is 10.6 Å². The normalized spacial score (nSPS) is 17.0. The zero-order chi connectivity index (χ0) is 13.3. The van der Waals surface area contributed by atoms with Gasteiger partial charge >= 0.3 is 0 Å². The van der Waals surface area contributed by atoms with Gasteiger partial charge in [-0.05, 0) is 57.2 Å².